The lowest BCUT2D eigenvalue weighted by molar-refractivity contribution is -0.123. The molecular weight excluding hydrogens is 212 g/mol. The molecule has 1 aliphatic rings. The van der Waals surface area contributed by atoms with Crippen molar-refractivity contribution in [2.24, 2.45) is 0 Å². The van der Waals surface area contributed by atoms with Gasteiger partial charge in [0.15, 0.2) is 0 Å². The Morgan fingerprint density at radius 1 is 1.59 bits per heavy atom. The van der Waals surface area contributed by atoms with E-state index in [0.29, 0.717) is 0 Å². The third-order valence-electron chi connectivity index (χ3n) is 3.12. The number of carbonyl (C=O) groups excluding carboxylic acids is 1. The Hall–Kier alpha value is -1.77. The molecule has 17 heavy (non-hydrogen) atoms. The molecule has 2 rings (SSSR count). The molecule has 2 atom stereocenters. The minimum absolute atomic E-state index is 0.0181. The van der Waals surface area contributed by atoms with Crippen molar-refractivity contribution >= 4 is 11.6 Å². The zero-order valence-electron chi connectivity index (χ0n) is 10.1. The normalized spacial score (nSPS) is 19.7. The van der Waals surface area contributed by atoms with Crippen LogP contribution in [0.4, 0.5) is 5.69 Å². The molecule has 0 spiro atoms. The van der Waals surface area contributed by atoms with E-state index in [-0.39, 0.29) is 17.9 Å². The molecule has 0 saturated heterocycles. The van der Waals surface area contributed by atoms with Crippen molar-refractivity contribution in [3.05, 3.63) is 42.5 Å². The van der Waals surface area contributed by atoms with Crippen molar-refractivity contribution in [1.82, 2.24) is 5.32 Å². The maximum Gasteiger partial charge on any atom is 0.228 e. The van der Waals surface area contributed by atoms with Crippen molar-refractivity contribution < 1.29 is 4.79 Å². The van der Waals surface area contributed by atoms with E-state index < -0.39 is 0 Å². The maximum absolute atomic E-state index is 12.1. The molecule has 1 aromatic carbocycles. The number of nitrogens with one attached hydrogen (secondary N) is 2. The minimum atomic E-state index is -0.0464. The first-order valence-corrected chi connectivity index (χ1v) is 5.98. The van der Waals surface area contributed by atoms with Crippen molar-refractivity contribution in [3.8, 4) is 0 Å². The molecule has 3 nitrogen and oxygen atoms in total. The van der Waals surface area contributed by atoms with Gasteiger partial charge in [0.25, 0.3) is 0 Å². The molecule has 1 aromatic rings. The fraction of sp³-hybridized carbons (Fsp3) is 0.357. The van der Waals surface area contributed by atoms with E-state index in [2.05, 4.69) is 17.2 Å². The number of fused-ring (bicyclic) bond motifs is 1. The molecule has 2 unspecified atom stereocenters. The number of rotatable bonds is 3. The van der Waals surface area contributed by atoms with Gasteiger partial charge in [-0.05, 0) is 25.0 Å². The van der Waals surface area contributed by atoms with Gasteiger partial charge in [0.2, 0.25) is 5.91 Å². The molecule has 2 N–H and O–H groups in total. The van der Waals surface area contributed by atoms with Crippen molar-refractivity contribution in [2.45, 2.75) is 25.3 Å². The molecular formula is C14H18N2O. The van der Waals surface area contributed by atoms with Crippen LogP contribution in [-0.2, 0) is 4.79 Å². The summed E-state index contributed by atoms with van der Waals surface area (Å²) in [6.45, 7) is 6.45. The maximum atomic E-state index is 12.1. The smallest absolute Gasteiger partial charge is 0.228 e. The highest BCUT2D eigenvalue weighted by atomic mass is 16.1. The first kappa shape index (κ1) is 11.7. The predicted octanol–water partition coefficient (Wildman–Crippen LogP) is 2.28. The van der Waals surface area contributed by atoms with Crippen LogP contribution in [0.2, 0.25) is 0 Å². The lowest BCUT2D eigenvalue weighted by Crippen LogP contribution is -2.37. The van der Waals surface area contributed by atoms with Gasteiger partial charge in [-0.3, -0.25) is 4.79 Å². The van der Waals surface area contributed by atoms with E-state index in [9.17, 15) is 4.79 Å². The highest BCUT2D eigenvalue weighted by molar-refractivity contribution is 5.86. The molecule has 0 saturated carbocycles. The third kappa shape index (κ3) is 2.49. The summed E-state index contributed by atoms with van der Waals surface area (Å²) in [4.78, 5) is 12.1. The standard InChI is InChI=1S/C14H18N2O/c1-3-10(2)16-14(17)12-8-9-15-13-7-5-4-6-11(12)13/h3-7,10,12,15H,1,8-9H2,2H3,(H,16,17). The highest BCUT2D eigenvalue weighted by Gasteiger charge is 2.26. The molecule has 1 heterocycles. The number of carbonyl (C=O) groups is 1. The van der Waals surface area contributed by atoms with Crippen molar-refractivity contribution in [2.75, 3.05) is 11.9 Å². The fourth-order valence-electron chi connectivity index (χ4n) is 2.12. The van der Waals surface area contributed by atoms with Gasteiger partial charge < -0.3 is 10.6 Å². The van der Waals surface area contributed by atoms with Crippen LogP contribution in [0.3, 0.4) is 0 Å². The number of para-hydroxylation sites is 1. The van der Waals surface area contributed by atoms with E-state index in [1.165, 1.54) is 0 Å². The lowest BCUT2D eigenvalue weighted by Gasteiger charge is -2.26. The summed E-state index contributed by atoms with van der Waals surface area (Å²) < 4.78 is 0. The SMILES string of the molecule is C=CC(C)NC(=O)C1CCNc2ccccc21. The summed E-state index contributed by atoms with van der Waals surface area (Å²) in [7, 11) is 0. The van der Waals surface area contributed by atoms with E-state index >= 15 is 0 Å². The monoisotopic (exact) mass is 230 g/mol. The average molecular weight is 230 g/mol. The molecule has 90 valence electrons. The van der Waals surface area contributed by atoms with Gasteiger partial charge in [-0.1, -0.05) is 24.3 Å². The van der Waals surface area contributed by atoms with Crippen LogP contribution in [0, 0.1) is 0 Å². The summed E-state index contributed by atoms with van der Waals surface area (Å²) in [5, 5.41) is 6.27. The Bertz CT molecular complexity index is 428. The molecule has 0 bridgehead atoms. The Labute approximate surface area is 102 Å². The number of hydrogen-bond donors (Lipinski definition) is 2. The lowest BCUT2D eigenvalue weighted by atomic mass is 9.90. The summed E-state index contributed by atoms with van der Waals surface area (Å²) >= 11 is 0. The zero-order valence-corrected chi connectivity index (χ0v) is 10.1. The largest absolute Gasteiger partial charge is 0.385 e. The molecule has 0 fully saturated rings. The van der Waals surface area contributed by atoms with E-state index in [1.54, 1.807) is 6.08 Å². The Morgan fingerprint density at radius 3 is 3.12 bits per heavy atom. The van der Waals surface area contributed by atoms with Crippen LogP contribution in [0.15, 0.2) is 36.9 Å². The second-order valence-electron chi connectivity index (χ2n) is 4.39. The fourth-order valence-corrected chi connectivity index (χ4v) is 2.12. The van der Waals surface area contributed by atoms with Crippen LogP contribution >= 0.6 is 0 Å². The number of anilines is 1. The van der Waals surface area contributed by atoms with Crippen LogP contribution in [0.1, 0.15) is 24.8 Å². The Kier molecular flexibility index (Phi) is 3.47. The van der Waals surface area contributed by atoms with E-state index in [4.69, 9.17) is 0 Å². The first-order chi connectivity index (χ1) is 8.22. The topological polar surface area (TPSA) is 41.1 Å². The van der Waals surface area contributed by atoms with Crippen LogP contribution in [0.5, 0.6) is 0 Å². The Balaban J connectivity index is 2.18. The quantitative estimate of drug-likeness (QED) is 0.782. The zero-order chi connectivity index (χ0) is 12.3. The molecule has 1 aliphatic heterocycles. The summed E-state index contributed by atoms with van der Waals surface area (Å²) in [5.74, 6) is 0.0428. The van der Waals surface area contributed by atoms with Gasteiger partial charge in [-0.15, -0.1) is 6.58 Å². The average Bonchev–Trinajstić information content (AvgIpc) is 2.37. The van der Waals surface area contributed by atoms with Gasteiger partial charge in [0, 0.05) is 18.3 Å². The second kappa shape index (κ2) is 5.04. The van der Waals surface area contributed by atoms with Crippen LogP contribution in [-0.4, -0.2) is 18.5 Å². The van der Waals surface area contributed by atoms with Gasteiger partial charge in [0.05, 0.1) is 5.92 Å². The molecule has 0 aliphatic carbocycles. The van der Waals surface area contributed by atoms with E-state index in [1.807, 2.05) is 31.2 Å². The summed E-state index contributed by atoms with van der Waals surface area (Å²) in [6.07, 6.45) is 2.58. The van der Waals surface area contributed by atoms with Gasteiger partial charge >= 0.3 is 0 Å². The molecule has 0 aromatic heterocycles. The van der Waals surface area contributed by atoms with Gasteiger partial charge in [-0.2, -0.15) is 0 Å². The number of benzene rings is 1. The van der Waals surface area contributed by atoms with Gasteiger partial charge in [-0.25, -0.2) is 0 Å². The minimum Gasteiger partial charge on any atom is -0.385 e. The van der Waals surface area contributed by atoms with Crippen LogP contribution in [0.25, 0.3) is 0 Å². The van der Waals surface area contributed by atoms with Crippen molar-refractivity contribution in [3.63, 3.8) is 0 Å². The summed E-state index contributed by atoms with van der Waals surface area (Å²) in [5.41, 5.74) is 2.16. The first-order valence-electron chi connectivity index (χ1n) is 5.98. The second-order valence-corrected chi connectivity index (χ2v) is 4.39. The Morgan fingerprint density at radius 2 is 2.35 bits per heavy atom. The molecule has 1 amide bonds. The molecule has 3 heteroatoms. The van der Waals surface area contributed by atoms with Crippen molar-refractivity contribution in [1.29, 1.82) is 0 Å². The van der Waals surface area contributed by atoms with Crippen LogP contribution < -0.4 is 10.6 Å². The highest BCUT2D eigenvalue weighted by Crippen LogP contribution is 2.31. The summed E-state index contributed by atoms with van der Waals surface area (Å²) in [6, 6.07) is 8.02. The predicted molar refractivity (Wildman–Crippen MR) is 70.1 cm³/mol. The third-order valence-corrected chi connectivity index (χ3v) is 3.12. The number of amides is 1. The van der Waals surface area contributed by atoms with E-state index in [0.717, 1.165) is 24.2 Å². The van der Waals surface area contributed by atoms with Gasteiger partial charge in [0.1, 0.15) is 0 Å². The number of hydrogen-bond acceptors (Lipinski definition) is 2. The molecule has 0 radical (unpaired) electrons.